The molecule has 0 aromatic carbocycles. The van der Waals surface area contributed by atoms with E-state index in [-0.39, 0.29) is 18.6 Å². The Morgan fingerprint density at radius 1 is 1.10 bits per heavy atom. The number of alkyl carbamates (subject to hydrolysis) is 1. The van der Waals surface area contributed by atoms with Gasteiger partial charge in [0.25, 0.3) is 0 Å². The molecule has 1 rings (SSSR count). The van der Waals surface area contributed by atoms with Crippen LogP contribution >= 0.6 is 0 Å². The molecule has 1 fully saturated rings. The first-order valence-electron chi connectivity index (χ1n) is 7.35. The van der Waals surface area contributed by atoms with E-state index in [2.05, 4.69) is 10.6 Å². The summed E-state index contributed by atoms with van der Waals surface area (Å²) < 4.78 is 41.3. The predicted octanol–water partition coefficient (Wildman–Crippen LogP) is 3.36. The first-order chi connectivity index (χ1) is 9.55. The summed E-state index contributed by atoms with van der Waals surface area (Å²) in [4.78, 5) is 11.6. The number of rotatable bonds is 4. The minimum Gasteiger partial charge on any atom is -0.444 e. The molecular weight excluding hydrogens is 285 g/mol. The monoisotopic (exact) mass is 310 g/mol. The highest BCUT2D eigenvalue weighted by Crippen LogP contribution is 2.21. The van der Waals surface area contributed by atoms with Crippen molar-refractivity contribution in [3.05, 3.63) is 0 Å². The molecule has 1 amide bonds. The third-order valence-electron chi connectivity index (χ3n) is 3.29. The van der Waals surface area contributed by atoms with Crippen molar-refractivity contribution in [2.45, 2.75) is 76.7 Å². The molecule has 0 bridgehead atoms. The normalized spacial score (nSPS) is 23.7. The fourth-order valence-corrected chi connectivity index (χ4v) is 2.33. The lowest BCUT2D eigenvalue weighted by atomic mass is 9.91. The van der Waals surface area contributed by atoms with E-state index in [0.717, 1.165) is 25.7 Å². The van der Waals surface area contributed by atoms with E-state index in [1.807, 2.05) is 0 Å². The molecule has 4 nitrogen and oxygen atoms in total. The maximum atomic E-state index is 12.0. The topological polar surface area (TPSA) is 50.4 Å². The first kappa shape index (κ1) is 18.1. The maximum Gasteiger partial charge on any atom is 0.407 e. The van der Waals surface area contributed by atoms with E-state index in [4.69, 9.17) is 4.74 Å². The zero-order valence-electron chi connectivity index (χ0n) is 12.8. The van der Waals surface area contributed by atoms with E-state index < -0.39 is 24.3 Å². The third-order valence-corrected chi connectivity index (χ3v) is 3.29. The van der Waals surface area contributed by atoms with Crippen LogP contribution in [0.1, 0.15) is 52.9 Å². The molecule has 0 unspecified atom stereocenters. The summed E-state index contributed by atoms with van der Waals surface area (Å²) >= 11 is 0. The molecule has 0 atom stereocenters. The van der Waals surface area contributed by atoms with Crippen LogP contribution in [0.25, 0.3) is 0 Å². The number of ether oxygens (including phenoxy) is 1. The number of halogens is 3. The number of alkyl halides is 3. The van der Waals surface area contributed by atoms with Gasteiger partial charge in [0.2, 0.25) is 0 Å². The van der Waals surface area contributed by atoms with Crippen molar-refractivity contribution in [3.63, 3.8) is 0 Å². The van der Waals surface area contributed by atoms with Crippen molar-refractivity contribution in [2.75, 3.05) is 6.54 Å². The fourth-order valence-electron chi connectivity index (χ4n) is 2.33. The highest BCUT2D eigenvalue weighted by atomic mass is 19.4. The van der Waals surface area contributed by atoms with Crippen LogP contribution in [0.3, 0.4) is 0 Å². The SMILES string of the molecule is CC(C)(C)OC(=O)NC1CCC(NCCC(F)(F)F)CC1. The van der Waals surface area contributed by atoms with E-state index in [0.29, 0.717) is 0 Å². The summed E-state index contributed by atoms with van der Waals surface area (Å²) in [7, 11) is 0. The summed E-state index contributed by atoms with van der Waals surface area (Å²) in [6.45, 7) is 5.36. The summed E-state index contributed by atoms with van der Waals surface area (Å²) in [5.41, 5.74) is -0.527. The number of amides is 1. The highest BCUT2D eigenvalue weighted by Gasteiger charge is 2.28. The summed E-state index contributed by atoms with van der Waals surface area (Å²) in [6, 6.07) is 0.143. The Balaban J connectivity index is 2.19. The molecule has 1 saturated carbocycles. The lowest BCUT2D eigenvalue weighted by molar-refractivity contribution is -0.133. The van der Waals surface area contributed by atoms with Crippen molar-refractivity contribution >= 4 is 6.09 Å². The minimum atomic E-state index is -4.11. The molecule has 1 aliphatic carbocycles. The molecule has 0 spiro atoms. The molecule has 0 heterocycles. The third kappa shape index (κ3) is 8.80. The van der Waals surface area contributed by atoms with Gasteiger partial charge in [-0.1, -0.05) is 0 Å². The van der Waals surface area contributed by atoms with Crippen molar-refractivity contribution in [1.29, 1.82) is 0 Å². The Bertz CT molecular complexity index is 332. The van der Waals surface area contributed by atoms with Gasteiger partial charge in [-0.15, -0.1) is 0 Å². The summed E-state index contributed by atoms with van der Waals surface area (Å²) in [5.74, 6) is 0. The average molecular weight is 310 g/mol. The molecule has 124 valence electrons. The van der Waals surface area contributed by atoms with Crippen molar-refractivity contribution < 1.29 is 22.7 Å². The molecule has 0 radical (unpaired) electrons. The standard InChI is InChI=1S/C14H25F3N2O2/c1-13(2,3)21-12(20)19-11-6-4-10(5-7-11)18-9-8-14(15,16)17/h10-11,18H,4-9H2,1-3H3,(H,19,20). The molecule has 0 saturated heterocycles. The van der Waals surface area contributed by atoms with Gasteiger partial charge in [0.05, 0.1) is 6.42 Å². The number of nitrogens with one attached hydrogen (secondary N) is 2. The largest absolute Gasteiger partial charge is 0.444 e. The zero-order chi connectivity index (χ0) is 16.1. The van der Waals surface area contributed by atoms with Gasteiger partial charge < -0.3 is 15.4 Å². The Morgan fingerprint density at radius 3 is 2.10 bits per heavy atom. The van der Waals surface area contributed by atoms with Crippen molar-refractivity contribution in [1.82, 2.24) is 10.6 Å². The molecule has 7 heteroatoms. The Hall–Kier alpha value is -0.980. The quantitative estimate of drug-likeness (QED) is 0.837. The Labute approximate surface area is 123 Å². The first-order valence-corrected chi connectivity index (χ1v) is 7.35. The number of carbonyl (C=O) groups is 1. The smallest absolute Gasteiger partial charge is 0.407 e. The van der Waals surface area contributed by atoms with Gasteiger partial charge in [-0.3, -0.25) is 0 Å². The molecule has 21 heavy (non-hydrogen) atoms. The fraction of sp³-hybridized carbons (Fsp3) is 0.929. The predicted molar refractivity (Wildman–Crippen MR) is 74.1 cm³/mol. The van der Waals surface area contributed by atoms with Crippen LogP contribution < -0.4 is 10.6 Å². The lowest BCUT2D eigenvalue weighted by Crippen LogP contribution is -2.44. The van der Waals surface area contributed by atoms with Crippen LogP contribution in [0.4, 0.5) is 18.0 Å². The van der Waals surface area contributed by atoms with Gasteiger partial charge in [0.1, 0.15) is 5.60 Å². The van der Waals surface area contributed by atoms with E-state index in [1.54, 1.807) is 20.8 Å². The van der Waals surface area contributed by atoms with Crippen LogP contribution in [-0.2, 0) is 4.74 Å². The van der Waals surface area contributed by atoms with Crippen LogP contribution in [0, 0.1) is 0 Å². The van der Waals surface area contributed by atoms with Crippen LogP contribution in [0.2, 0.25) is 0 Å². The van der Waals surface area contributed by atoms with Crippen LogP contribution in [0.5, 0.6) is 0 Å². The van der Waals surface area contributed by atoms with E-state index in [1.165, 1.54) is 0 Å². The highest BCUT2D eigenvalue weighted by molar-refractivity contribution is 5.68. The number of carbonyl (C=O) groups excluding carboxylic acids is 1. The summed E-state index contributed by atoms with van der Waals surface area (Å²) in [5, 5.41) is 5.73. The maximum absolute atomic E-state index is 12.0. The van der Waals surface area contributed by atoms with Gasteiger partial charge in [0, 0.05) is 18.6 Å². The average Bonchev–Trinajstić information content (AvgIpc) is 2.27. The van der Waals surface area contributed by atoms with Gasteiger partial charge in [-0.2, -0.15) is 13.2 Å². The number of hydrogen-bond acceptors (Lipinski definition) is 3. The molecule has 0 aliphatic heterocycles. The van der Waals surface area contributed by atoms with Gasteiger partial charge >= 0.3 is 12.3 Å². The van der Waals surface area contributed by atoms with Crippen LogP contribution in [-0.4, -0.2) is 36.5 Å². The molecule has 0 aromatic heterocycles. The van der Waals surface area contributed by atoms with E-state index >= 15 is 0 Å². The lowest BCUT2D eigenvalue weighted by Gasteiger charge is -2.30. The Morgan fingerprint density at radius 2 is 1.62 bits per heavy atom. The Kier molecular flexibility index (Phi) is 6.31. The minimum absolute atomic E-state index is 0.0421. The molecule has 2 N–H and O–H groups in total. The van der Waals surface area contributed by atoms with Gasteiger partial charge in [0.15, 0.2) is 0 Å². The second kappa shape index (κ2) is 7.33. The van der Waals surface area contributed by atoms with Crippen LogP contribution in [0.15, 0.2) is 0 Å². The summed E-state index contributed by atoms with van der Waals surface area (Å²) in [6.07, 6.45) is -2.32. The van der Waals surface area contributed by atoms with Crippen molar-refractivity contribution in [3.8, 4) is 0 Å². The second-order valence-electron chi connectivity index (χ2n) is 6.51. The van der Waals surface area contributed by atoms with Crippen molar-refractivity contribution in [2.24, 2.45) is 0 Å². The van der Waals surface area contributed by atoms with Gasteiger partial charge in [-0.25, -0.2) is 4.79 Å². The second-order valence-corrected chi connectivity index (χ2v) is 6.51. The molecule has 0 aromatic rings. The zero-order valence-corrected chi connectivity index (χ0v) is 12.8. The molecule has 1 aliphatic rings. The number of hydrogen-bond donors (Lipinski definition) is 2. The molecular formula is C14H25F3N2O2. The van der Waals surface area contributed by atoms with Gasteiger partial charge in [-0.05, 0) is 46.5 Å². The van der Waals surface area contributed by atoms with E-state index in [9.17, 15) is 18.0 Å².